The Labute approximate surface area is 190 Å². The molecule has 4 rings (SSSR count). The van der Waals surface area contributed by atoms with Crippen LogP contribution in [0.15, 0.2) is 78.9 Å². The minimum absolute atomic E-state index is 0.0104. The average Bonchev–Trinajstić information content (AvgIpc) is 3.09. The highest BCUT2D eigenvalue weighted by atomic mass is 16.6. The summed E-state index contributed by atoms with van der Waals surface area (Å²) in [4.78, 5) is 12.4. The lowest BCUT2D eigenvalue weighted by Crippen LogP contribution is -2.41. The summed E-state index contributed by atoms with van der Waals surface area (Å²) in [6, 6.07) is 26.9. The maximum Gasteiger partial charge on any atom is 0.407 e. The minimum atomic E-state index is -0.513. The first-order valence-electron chi connectivity index (χ1n) is 11.2. The smallest absolute Gasteiger partial charge is 0.407 e. The molecule has 0 aromatic heterocycles. The number of carbonyl (C=O) groups excluding carboxylic acids is 1. The van der Waals surface area contributed by atoms with E-state index in [-0.39, 0.29) is 18.1 Å². The van der Waals surface area contributed by atoms with Crippen molar-refractivity contribution >= 4 is 6.09 Å². The van der Waals surface area contributed by atoms with Crippen molar-refractivity contribution in [2.45, 2.75) is 57.8 Å². The van der Waals surface area contributed by atoms with E-state index in [9.17, 15) is 4.79 Å². The third-order valence-electron chi connectivity index (χ3n) is 5.71. The van der Waals surface area contributed by atoms with Gasteiger partial charge in [0.1, 0.15) is 18.0 Å². The molecule has 1 aliphatic carbocycles. The van der Waals surface area contributed by atoms with Gasteiger partial charge in [-0.3, -0.25) is 0 Å². The highest BCUT2D eigenvalue weighted by Crippen LogP contribution is 2.36. The topological polar surface area (TPSA) is 47.6 Å². The molecular formula is C28H31NO3. The summed E-state index contributed by atoms with van der Waals surface area (Å²) in [5.41, 5.74) is 4.45. The number of hydrogen-bond acceptors (Lipinski definition) is 3. The number of rotatable bonds is 6. The van der Waals surface area contributed by atoms with E-state index in [2.05, 4.69) is 53.8 Å². The Bertz CT molecular complexity index is 1040. The molecule has 4 heteroatoms. The third-order valence-corrected chi connectivity index (χ3v) is 5.71. The van der Waals surface area contributed by atoms with Gasteiger partial charge in [0.2, 0.25) is 0 Å². The molecule has 0 spiro atoms. The Balaban J connectivity index is 1.43. The molecule has 3 aromatic rings. The predicted molar refractivity (Wildman–Crippen MR) is 127 cm³/mol. The number of amides is 1. The second kappa shape index (κ2) is 9.47. The van der Waals surface area contributed by atoms with Crippen LogP contribution in [0.5, 0.6) is 5.75 Å². The first kappa shape index (κ1) is 21.9. The molecule has 0 saturated heterocycles. The highest BCUT2D eigenvalue weighted by Gasteiger charge is 2.34. The zero-order chi connectivity index (χ0) is 22.6. The van der Waals surface area contributed by atoms with Crippen LogP contribution in [-0.4, -0.2) is 17.7 Å². The summed E-state index contributed by atoms with van der Waals surface area (Å²) in [7, 11) is 0. The fraction of sp³-hybridized carbons (Fsp3) is 0.321. The number of nitrogens with one attached hydrogen (secondary N) is 1. The van der Waals surface area contributed by atoms with Crippen molar-refractivity contribution in [1.29, 1.82) is 0 Å². The first-order chi connectivity index (χ1) is 15.4. The molecule has 1 N–H and O–H groups in total. The van der Waals surface area contributed by atoms with E-state index >= 15 is 0 Å². The lowest BCUT2D eigenvalue weighted by molar-refractivity contribution is 0.0499. The lowest BCUT2D eigenvalue weighted by Gasteiger charge is -2.25. The van der Waals surface area contributed by atoms with Gasteiger partial charge in [0.25, 0.3) is 0 Å². The van der Waals surface area contributed by atoms with E-state index in [4.69, 9.17) is 9.47 Å². The summed E-state index contributed by atoms with van der Waals surface area (Å²) in [5, 5.41) is 3.12. The van der Waals surface area contributed by atoms with Crippen LogP contribution in [0.4, 0.5) is 4.79 Å². The maximum absolute atomic E-state index is 12.4. The molecule has 32 heavy (non-hydrogen) atoms. The van der Waals surface area contributed by atoms with Crippen LogP contribution < -0.4 is 10.1 Å². The first-order valence-corrected chi connectivity index (χ1v) is 11.2. The largest absolute Gasteiger partial charge is 0.489 e. The van der Waals surface area contributed by atoms with E-state index in [1.165, 1.54) is 16.7 Å². The number of fused-ring (bicyclic) bond motifs is 1. The predicted octanol–water partition coefficient (Wildman–Crippen LogP) is 6.04. The maximum atomic E-state index is 12.4. The number of carbonyl (C=O) groups is 1. The molecule has 0 saturated carbocycles. The minimum Gasteiger partial charge on any atom is -0.489 e. The Morgan fingerprint density at radius 3 is 2.31 bits per heavy atom. The molecule has 0 bridgehead atoms. The molecule has 4 nitrogen and oxygen atoms in total. The van der Waals surface area contributed by atoms with Gasteiger partial charge in [-0.2, -0.15) is 0 Å². The van der Waals surface area contributed by atoms with Crippen molar-refractivity contribution in [3.05, 3.63) is 101 Å². The van der Waals surface area contributed by atoms with Crippen LogP contribution >= 0.6 is 0 Å². The normalized spacial score (nSPS) is 17.5. The van der Waals surface area contributed by atoms with Gasteiger partial charge in [-0.1, -0.05) is 66.7 Å². The van der Waals surface area contributed by atoms with Crippen LogP contribution in [0.2, 0.25) is 0 Å². The number of alkyl carbamates (subject to hydrolysis) is 1. The molecular weight excluding hydrogens is 398 g/mol. The third kappa shape index (κ3) is 5.70. The Morgan fingerprint density at radius 2 is 1.59 bits per heavy atom. The van der Waals surface area contributed by atoms with E-state index in [1.54, 1.807) is 0 Å². The summed E-state index contributed by atoms with van der Waals surface area (Å²) in [6.07, 6.45) is 1.30. The summed E-state index contributed by atoms with van der Waals surface area (Å²) in [5.74, 6) is 1.06. The zero-order valence-corrected chi connectivity index (χ0v) is 19.0. The molecule has 1 aliphatic rings. The van der Waals surface area contributed by atoms with E-state index in [0.717, 1.165) is 24.2 Å². The molecule has 1 amide bonds. The second-order valence-corrected chi connectivity index (χ2v) is 9.38. The lowest BCUT2D eigenvalue weighted by atomic mass is 9.91. The van der Waals surface area contributed by atoms with Crippen molar-refractivity contribution in [3.63, 3.8) is 0 Å². The number of ether oxygens (including phenoxy) is 2. The van der Waals surface area contributed by atoms with Crippen LogP contribution in [0.3, 0.4) is 0 Å². The Morgan fingerprint density at radius 1 is 0.906 bits per heavy atom. The Kier molecular flexibility index (Phi) is 6.50. The molecule has 0 heterocycles. The van der Waals surface area contributed by atoms with Gasteiger partial charge in [0, 0.05) is 12.0 Å². The molecule has 3 aromatic carbocycles. The van der Waals surface area contributed by atoms with Crippen molar-refractivity contribution in [3.8, 4) is 5.75 Å². The number of benzene rings is 3. The van der Waals surface area contributed by atoms with Crippen molar-refractivity contribution in [2.75, 3.05) is 0 Å². The van der Waals surface area contributed by atoms with E-state index < -0.39 is 5.60 Å². The molecule has 2 atom stereocenters. The van der Waals surface area contributed by atoms with E-state index in [1.807, 2.05) is 51.1 Å². The second-order valence-electron chi connectivity index (χ2n) is 9.38. The van der Waals surface area contributed by atoms with Gasteiger partial charge in [-0.05, 0) is 68.0 Å². The van der Waals surface area contributed by atoms with Gasteiger partial charge in [0.15, 0.2) is 0 Å². The van der Waals surface area contributed by atoms with Crippen molar-refractivity contribution < 1.29 is 14.3 Å². The van der Waals surface area contributed by atoms with Crippen molar-refractivity contribution in [2.24, 2.45) is 0 Å². The molecule has 0 aliphatic heterocycles. The summed E-state index contributed by atoms with van der Waals surface area (Å²) < 4.78 is 11.4. The van der Waals surface area contributed by atoms with Crippen LogP contribution in [0.1, 0.15) is 48.9 Å². The molecule has 0 unspecified atom stereocenters. The number of hydrogen-bond donors (Lipinski definition) is 1. The summed E-state index contributed by atoms with van der Waals surface area (Å²) in [6.45, 7) is 6.21. The molecule has 0 radical (unpaired) electrons. The molecule has 0 fully saturated rings. The van der Waals surface area contributed by atoms with Gasteiger partial charge >= 0.3 is 6.09 Å². The van der Waals surface area contributed by atoms with Crippen LogP contribution in [0, 0.1) is 0 Å². The monoisotopic (exact) mass is 429 g/mol. The highest BCUT2D eigenvalue weighted by molar-refractivity contribution is 5.68. The van der Waals surface area contributed by atoms with Crippen molar-refractivity contribution in [1.82, 2.24) is 5.32 Å². The zero-order valence-electron chi connectivity index (χ0n) is 19.0. The fourth-order valence-corrected chi connectivity index (χ4v) is 4.26. The average molecular weight is 430 g/mol. The van der Waals surface area contributed by atoms with Gasteiger partial charge in [0.05, 0.1) is 0 Å². The Hall–Kier alpha value is -3.27. The standard InChI is InChI=1S/C28H31NO3/c1-28(2,3)32-27(30)29-26-18-22-11-7-8-12-24(22)25(26)17-20-13-15-23(16-14-20)31-19-21-9-5-4-6-10-21/h4-16,25-26H,17-19H2,1-3H3,(H,29,30)/t25-,26-/m1/s1. The quantitative estimate of drug-likeness (QED) is 0.519. The van der Waals surface area contributed by atoms with Crippen LogP contribution in [-0.2, 0) is 24.2 Å². The SMILES string of the molecule is CC(C)(C)OC(=O)N[C@@H]1Cc2ccccc2[C@H]1Cc1ccc(OCc2ccccc2)cc1. The van der Waals surface area contributed by atoms with Gasteiger partial charge < -0.3 is 14.8 Å². The summed E-state index contributed by atoms with van der Waals surface area (Å²) >= 11 is 0. The van der Waals surface area contributed by atoms with Gasteiger partial charge in [-0.15, -0.1) is 0 Å². The van der Waals surface area contributed by atoms with E-state index in [0.29, 0.717) is 6.61 Å². The van der Waals surface area contributed by atoms with Gasteiger partial charge in [-0.25, -0.2) is 4.79 Å². The fourth-order valence-electron chi connectivity index (χ4n) is 4.26. The van der Waals surface area contributed by atoms with Crippen LogP contribution in [0.25, 0.3) is 0 Å². The molecule has 166 valence electrons.